The van der Waals surface area contributed by atoms with Crippen LogP contribution in [0.4, 0.5) is 0 Å². The highest BCUT2D eigenvalue weighted by Crippen LogP contribution is 2.16. The molecule has 0 spiro atoms. The van der Waals surface area contributed by atoms with Crippen LogP contribution in [0.1, 0.15) is 48.0 Å². The highest BCUT2D eigenvalue weighted by atomic mass is 16.7. The maximum atomic E-state index is 5.75. The van der Waals surface area contributed by atoms with Crippen molar-refractivity contribution >= 4 is 14.9 Å². The van der Waals surface area contributed by atoms with Gasteiger partial charge in [0, 0.05) is 30.9 Å². The molecule has 2 N–H and O–H groups in total. The van der Waals surface area contributed by atoms with E-state index in [-0.39, 0.29) is 5.60 Å². The summed E-state index contributed by atoms with van der Waals surface area (Å²) in [7, 11) is 3.15. The number of rotatable bonds is 12. The SMILES string of the molecule is CCOC([B]OC(C)(C)CCOC(C)(C)[B]N)OCC. The summed E-state index contributed by atoms with van der Waals surface area (Å²) in [5.41, 5.74) is 4.73. The van der Waals surface area contributed by atoms with Crippen LogP contribution in [0.25, 0.3) is 0 Å². The molecule has 0 heterocycles. The predicted octanol–water partition coefficient (Wildman–Crippen LogP) is 1.48. The average molecular weight is 285 g/mol. The third-order valence-electron chi connectivity index (χ3n) is 2.74. The van der Waals surface area contributed by atoms with Gasteiger partial charge in [-0.2, -0.15) is 0 Å². The van der Waals surface area contributed by atoms with E-state index in [1.807, 2.05) is 41.5 Å². The van der Waals surface area contributed by atoms with Crippen LogP contribution in [0.2, 0.25) is 0 Å². The predicted molar refractivity (Wildman–Crippen MR) is 82.5 cm³/mol. The van der Waals surface area contributed by atoms with Crippen molar-refractivity contribution in [3.05, 3.63) is 0 Å². The lowest BCUT2D eigenvalue weighted by molar-refractivity contribution is -0.0966. The third-order valence-corrected chi connectivity index (χ3v) is 2.74. The molecule has 0 fully saturated rings. The van der Waals surface area contributed by atoms with Crippen molar-refractivity contribution in [2.24, 2.45) is 5.64 Å². The van der Waals surface area contributed by atoms with Crippen LogP contribution >= 0.6 is 0 Å². The standard InChI is InChI=1S/C13H29B2NO4/c1-7-17-11(18-8-2)14-20-12(3,4)9-10-19-13(5,6)15-16/h11H,7-10,16H2,1-6H3. The van der Waals surface area contributed by atoms with Crippen molar-refractivity contribution in [2.75, 3.05) is 19.8 Å². The first-order chi connectivity index (χ1) is 9.26. The summed E-state index contributed by atoms with van der Waals surface area (Å²) in [6.07, 6.45) is 0.310. The van der Waals surface area contributed by atoms with Gasteiger partial charge in [-0.05, 0) is 48.0 Å². The van der Waals surface area contributed by atoms with Gasteiger partial charge in [0.05, 0.1) is 0 Å². The van der Waals surface area contributed by atoms with E-state index in [0.717, 1.165) is 6.42 Å². The highest BCUT2D eigenvalue weighted by molar-refractivity contribution is 6.35. The van der Waals surface area contributed by atoms with E-state index in [2.05, 4.69) is 0 Å². The number of hydrogen-bond donors (Lipinski definition) is 1. The summed E-state index contributed by atoms with van der Waals surface area (Å²) in [5, 5.41) is 0. The molecule has 0 bridgehead atoms. The van der Waals surface area contributed by atoms with Gasteiger partial charge in [0.25, 0.3) is 0 Å². The molecule has 0 aromatic carbocycles. The Morgan fingerprint density at radius 3 is 2.05 bits per heavy atom. The second kappa shape index (κ2) is 9.79. The third kappa shape index (κ3) is 9.77. The van der Waals surface area contributed by atoms with Gasteiger partial charge < -0.3 is 24.5 Å². The first-order valence-electron chi connectivity index (χ1n) is 7.20. The van der Waals surface area contributed by atoms with Crippen LogP contribution in [0, 0.1) is 0 Å². The molecule has 0 unspecified atom stereocenters. The van der Waals surface area contributed by atoms with E-state index < -0.39 is 11.7 Å². The quantitative estimate of drug-likeness (QED) is 0.434. The smallest absolute Gasteiger partial charge is 0.361 e. The molecule has 5 nitrogen and oxygen atoms in total. The fourth-order valence-corrected chi connectivity index (χ4v) is 1.36. The lowest BCUT2D eigenvalue weighted by Crippen LogP contribution is -2.40. The molecule has 0 atom stereocenters. The molecule has 20 heavy (non-hydrogen) atoms. The molecule has 0 aliphatic rings. The fraction of sp³-hybridized carbons (Fsp3) is 1.00. The summed E-state index contributed by atoms with van der Waals surface area (Å²) in [5.74, 6) is 0. The van der Waals surface area contributed by atoms with Gasteiger partial charge in [0.15, 0.2) is 6.19 Å². The first-order valence-corrected chi connectivity index (χ1v) is 7.20. The van der Waals surface area contributed by atoms with E-state index in [9.17, 15) is 0 Å². The number of hydrogen-bond acceptors (Lipinski definition) is 5. The molecule has 0 amide bonds. The van der Waals surface area contributed by atoms with Crippen LogP contribution in [-0.2, 0) is 18.9 Å². The van der Waals surface area contributed by atoms with E-state index in [0.29, 0.717) is 19.8 Å². The Bertz CT molecular complexity index is 247. The van der Waals surface area contributed by atoms with Gasteiger partial charge in [0.1, 0.15) is 0 Å². The van der Waals surface area contributed by atoms with Crippen molar-refractivity contribution in [3.8, 4) is 0 Å². The van der Waals surface area contributed by atoms with Gasteiger partial charge in [-0.15, -0.1) is 0 Å². The monoisotopic (exact) mass is 285 g/mol. The Kier molecular flexibility index (Phi) is 9.76. The molecule has 116 valence electrons. The van der Waals surface area contributed by atoms with Gasteiger partial charge in [0.2, 0.25) is 7.41 Å². The average Bonchev–Trinajstić information content (AvgIpc) is 2.36. The van der Waals surface area contributed by atoms with E-state index in [1.54, 1.807) is 14.9 Å². The molecule has 7 heteroatoms. The van der Waals surface area contributed by atoms with Gasteiger partial charge >= 0.3 is 7.48 Å². The molecule has 0 aromatic heterocycles. The molecule has 0 aliphatic carbocycles. The van der Waals surface area contributed by atoms with E-state index in [1.165, 1.54) is 0 Å². The Morgan fingerprint density at radius 1 is 1.05 bits per heavy atom. The zero-order valence-electron chi connectivity index (χ0n) is 13.8. The molecule has 0 rings (SSSR count). The summed E-state index contributed by atoms with van der Waals surface area (Å²) in [6.45, 7) is 13.4. The second-order valence-electron chi connectivity index (χ2n) is 5.66. The summed E-state index contributed by atoms with van der Waals surface area (Å²) < 4.78 is 22.2. The van der Waals surface area contributed by atoms with Crippen molar-refractivity contribution in [1.29, 1.82) is 0 Å². The zero-order valence-corrected chi connectivity index (χ0v) is 13.8. The maximum absolute atomic E-state index is 5.75. The fourth-order valence-electron chi connectivity index (χ4n) is 1.36. The second-order valence-corrected chi connectivity index (χ2v) is 5.66. The van der Waals surface area contributed by atoms with Gasteiger partial charge in [-0.25, -0.2) is 0 Å². The van der Waals surface area contributed by atoms with Crippen LogP contribution in [-0.4, -0.2) is 52.0 Å². The van der Waals surface area contributed by atoms with Crippen molar-refractivity contribution < 1.29 is 18.9 Å². The Balaban J connectivity index is 4.04. The maximum Gasteiger partial charge on any atom is 0.361 e. The Labute approximate surface area is 125 Å². The number of ether oxygens (including phenoxy) is 3. The summed E-state index contributed by atoms with van der Waals surface area (Å²) in [6, 6.07) is 0. The van der Waals surface area contributed by atoms with Crippen molar-refractivity contribution in [3.63, 3.8) is 0 Å². The highest BCUT2D eigenvalue weighted by Gasteiger charge is 2.24. The molecular weight excluding hydrogens is 256 g/mol. The normalized spacial score (nSPS) is 12.8. The van der Waals surface area contributed by atoms with E-state index >= 15 is 0 Å². The zero-order chi connectivity index (χ0) is 15.6. The van der Waals surface area contributed by atoms with Crippen LogP contribution in [0.3, 0.4) is 0 Å². The minimum Gasteiger partial charge on any atom is -0.430 e. The topological polar surface area (TPSA) is 62.9 Å². The van der Waals surface area contributed by atoms with Crippen LogP contribution in [0.15, 0.2) is 0 Å². The Hall–Kier alpha value is -0.0701. The van der Waals surface area contributed by atoms with E-state index in [4.69, 9.17) is 24.5 Å². The molecular formula is C13H29B2NO4. The largest absolute Gasteiger partial charge is 0.430 e. The van der Waals surface area contributed by atoms with Gasteiger partial charge in [-0.3, -0.25) is 0 Å². The summed E-state index contributed by atoms with van der Waals surface area (Å²) in [4.78, 5) is 0. The minimum atomic E-state index is -0.431. The number of nitrogens with two attached hydrogens (primary N) is 1. The Morgan fingerprint density at radius 2 is 1.60 bits per heavy atom. The molecule has 0 saturated heterocycles. The van der Waals surface area contributed by atoms with Crippen LogP contribution in [0.5, 0.6) is 0 Å². The molecule has 0 aliphatic heterocycles. The first kappa shape index (κ1) is 19.9. The van der Waals surface area contributed by atoms with Gasteiger partial charge in [-0.1, -0.05) is 0 Å². The van der Waals surface area contributed by atoms with Crippen molar-refractivity contribution in [2.45, 2.75) is 65.3 Å². The molecule has 0 aromatic rings. The summed E-state index contributed by atoms with van der Waals surface area (Å²) >= 11 is 0. The molecule has 0 saturated carbocycles. The van der Waals surface area contributed by atoms with Crippen LogP contribution < -0.4 is 5.64 Å². The molecule has 2 radical (unpaired) electrons. The van der Waals surface area contributed by atoms with Crippen molar-refractivity contribution in [1.82, 2.24) is 0 Å². The lowest BCUT2D eigenvalue weighted by Gasteiger charge is -2.30. The minimum absolute atomic E-state index is 0.350. The lowest BCUT2D eigenvalue weighted by atomic mass is 9.75.